The van der Waals surface area contributed by atoms with Crippen LogP contribution in [0.3, 0.4) is 0 Å². The summed E-state index contributed by atoms with van der Waals surface area (Å²) < 4.78 is 27.0. The molecule has 32 heavy (non-hydrogen) atoms. The Morgan fingerprint density at radius 1 is 0.906 bits per heavy atom. The van der Waals surface area contributed by atoms with Crippen LogP contribution in [-0.4, -0.2) is 50.6 Å². The number of sulfonamides is 1. The standard InChI is InChI=1S/C25H33N3O3S/c29-25(26-23-10-12-24(13-11-23)27-16-4-5-17-27)22-14-18-28(19-15-22)32(30,31)20-6-9-21-7-2-1-3-8-21/h1-3,7-8,10-13,22H,4-6,9,14-20H2,(H,26,29). The third kappa shape index (κ3) is 5.90. The van der Waals surface area contributed by atoms with Gasteiger partial charge < -0.3 is 10.2 Å². The molecule has 4 rings (SSSR count). The molecular weight excluding hydrogens is 422 g/mol. The SMILES string of the molecule is O=C(Nc1ccc(N2CCCC2)cc1)C1CCN(S(=O)(=O)CCCc2ccccc2)CC1. The number of hydrogen-bond donors (Lipinski definition) is 1. The van der Waals surface area contributed by atoms with Crippen LogP contribution in [0.25, 0.3) is 0 Å². The number of nitrogens with one attached hydrogen (secondary N) is 1. The van der Waals surface area contributed by atoms with E-state index >= 15 is 0 Å². The third-order valence-electron chi connectivity index (χ3n) is 6.53. The Bertz CT molecular complexity index is 979. The zero-order chi connectivity index (χ0) is 22.4. The smallest absolute Gasteiger partial charge is 0.227 e. The van der Waals surface area contributed by atoms with Crippen molar-refractivity contribution in [2.45, 2.75) is 38.5 Å². The molecule has 2 aliphatic rings. The highest BCUT2D eigenvalue weighted by Gasteiger charge is 2.30. The van der Waals surface area contributed by atoms with Gasteiger partial charge in [0.15, 0.2) is 0 Å². The lowest BCUT2D eigenvalue weighted by molar-refractivity contribution is -0.120. The Kier molecular flexibility index (Phi) is 7.48. The Balaban J connectivity index is 1.22. The molecule has 0 saturated carbocycles. The molecule has 0 aliphatic carbocycles. The highest BCUT2D eigenvalue weighted by atomic mass is 32.2. The van der Waals surface area contributed by atoms with Gasteiger partial charge in [-0.3, -0.25) is 4.79 Å². The second-order valence-corrected chi connectivity index (χ2v) is 10.9. The van der Waals surface area contributed by atoms with Crippen molar-refractivity contribution in [3.8, 4) is 0 Å². The lowest BCUT2D eigenvalue weighted by Gasteiger charge is -2.30. The molecule has 0 unspecified atom stereocenters. The van der Waals surface area contributed by atoms with E-state index in [1.165, 1.54) is 18.5 Å². The first-order valence-electron chi connectivity index (χ1n) is 11.7. The van der Waals surface area contributed by atoms with Crippen LogP contribution in [-0.2, 0) is 21.2 Å². The van der Waals surface area contributed by atoms with Crippen LogP contribution in [0.15, 0.2) is 54.6 Å². The quantitative estimate of drug-likeness (QED) is 0.655. The number of anilines is 2. The van der Waals surface area contributed by atoms with Crippen molar-refractivity contribution in [3.05, 3.63) is 60.2 Å². The molecule has 1 amide bonds. The maximum absolute atomic E-state index is 12.7. The first kappa shape index (κ1) is 22.8. The molecule has 0 spiro atoms. The van der Waals surface area contributed by atoms with E-state index in [1.54, 1.807) is 4.31 Å². The van der Waals surface area contributed by atoms with Crippen LogP contribution < -0.4 is 10.2 Å². The average molecular weight is 456 g/mol. The number of benzene rings is 2. The van der Waals surface area contributed by atoms with E-state index in [1.807, 2.05) is 42.5 Å². The monoisotopic (exact) mass is 455 g/mol. The maximum Gasteiger partial charge on any atom is 0.227 e. The molecule has 2 aromatic rings. The molecule has 2 fully saturated rings. The van der Waals surface area contributed by atoms with Crippen LogP contribution in [0.5, 0.6) is 0 Å². The van der Waals surface area contributed by atoms with Crippen LogP contribution in [0.1, 0.15) is 37.7 Å². The third-order valence-corrected chi connectivity index (χ3v) is 8.49. The average Bonchev–Trinajstić information content (AvgIpc) is 3.35. The molecule has 2 aliphatic heterocycles. The van der Waals surface area contributed by atoms with Crippen molar-refractivity contribution in [1.29, 1.82) is 0 Å². The molecule has 172 valence electrons. The van der Waals surface area contributed by atoms with Crippen molar-refractivity contribution in [2.24, 2.45) is 5.92 Å². The fourth-order valence-electron chi connectivity index (χ4n) is 4.60. The number of carbonyl (C=O) groups excluding carboxylic acids is 1. The van der Waals surface area contributed by atoms with Crippen molar-refractivity contribution in [2.75, 3.05) is 42.1 Å². The van der Waals surface area contributed by atoms with Gasteiger partial charge in [-0.2, -0.15) is 0 Å². The summed E-state index contributed by atoms with van der Waals surface area (Å²) in [5, 5.41) is 3.01. The van der Waals surface area contributed by atoms with E-state index in [2.05, 4.69) is 22.3 Å². The van der Waals surface area contributed by atoms with Crippen molar-refractivity contribution >= 4 is 27.3 Å². The van der Waals surface area contributed by atoms with Gasteiger partial charge in [0.1, 0.15) is 0 Å². The summed E-state index contributed by atoms with van der Waals surface area (Å²) in [6.07, 6.45) is 4.97. The lowest BCUT2D eigenvalue weighted by atomic mass is 9.97. The van der Waals surface area contributed by atoms with E-state index < -0.39 is 10.0 Å². The zero-order valence-electron chi connectivity index (χ0n) is 18.6. The number of aryl methyl sites for hydroxylation is 1. The van der Waals surface area contributed by atoms with Gasteiger partial charge in [0, 0.05) is 43.5 Å². The highest BCUT2D eigenvalue weighted by Crippen LogP contribution is 2.25. The van der Waals surface area contributed by atoms with Crippen LogP contribution in [0.2, 0.25) is 0 Å². The van der Waals surface area contributed by atoms with Gasteiger partial charge in [-0.05, 0) is 68.4 Å². The second kappa shape index (κ2) is 10.5. The molecule has 0 atom stereocenters. The lowest BCUT2D eigenvalue weighted by Crippen LogP contribution is -2.42. The summed E-state index contributed by atoms with van der Waals surface area (Å²) >= 11 is 0. The fourth-order valence-corrected chi connectivity index (χ4v) is 6.14. The molecule has 2 saturated heterocycles. The van der Waals surface area contributed by atoms with Gasteiger partial charge in [-0.25, -0.2) is 12.7 Å². The number of carbonyl (C=O) groups is 1. The van der Waals surface area contributed by atoms with E-state index in [-0.39, 0.29) is 17.6 Å². The summed E-state index contributed by atoms with van der Waals surface area (Å²) in [6.45, 7) is 3.03. The van der Waals surface area contributed by atoms with Crippen LogP contribution >= 0.6 is 0 Å². The van der Waals surface area contributed by atoms with E-state index in [0.717, 1.165) is 30.8 Å². The molecule has 2 aromatic carbocycles. The molecule has 1 N–H and O–H groups in total. The number of piperidine rings is 1. The largest absolute Gasteiger partial charge is 0.372 e. The number of hydrogen-bond acceptors (Lipinski definition) is 4. The van der Waals surface area contributed by atoms with Crippen LogP contribution in [0.4, 0.5) is 11.4 Å². The highest BCUT2D eigenvalue weighted by molar-refractivity contribution is 7.89. The number of nitrogens with zero attached hydrogens (tertiary/aromatic N) is 2. The second-order valence-electron chi connectivity index (χ2n) is 8.81. The normalized spacial score (nSPS) is 18.1. The fraction of sp³-hybridized carbons (Fsp3) is 0.480. The van der Waals surface area contributed by atoms with E-state index in [9.17, 15) is 13.2 Å². The molecule has 2 heterocycles. The van der Waals surface area contributed by atoms with Crippen molar-refractivity contribution in [1.82, 2.24) is 4.31 Å². The minimum Gasteiger partial charge on any atom is -0.372 e. The van der Waals surface area contributed by atoms with Crippen LogP contribution in [0, 0.1) is 5.92 Å². The summed E-state index contributed by atoms with van der Waals surface area (Å²) in [4.78, 5) is 15.1. The summed E-state index contributed by atoms with van der Waals surface area (Å²) in [6, 6.07) is 18.0. The first-order valence-corrected chi connectivity index (χ1v) is 13.3. The maximum atomic E-state index is 12.7. The van der Waals surface area contributed by atoms with Gasteiger partial charge in [0.25, 0.3) is 0 Å². The predicted octanol–water partition coefficient (Wildman–Crippen LogP) is 3.90. The molecular formula is C25H33N3O3S. The zero-order valence-corrected chi connectivity index (χ0v) is 19.4. The topological polar surface area (TPSA) is 69.7 Å². The Hall–Kier alpha value is -2.38. The minimum absolute atomic E-state index is 0.0138. The summed E-state index contributed by atoms with van der Waals surface area (Å²) in [7, 11) is -3.28. The molecule has 7 heteroatoms. The van der Waals surface area contributed by atoms with Crippen molar-refractivity contribution < 1.29 is 13.2 Å². The van der Waals surface area contributed by atoms with Gasteiger partial charge >= 0.3 is 0 Å². The Morgan fingerprint density at radius 3 is 2.22 bits per heavy atom. The minimum atomic E-state index is -3.28. The molecule has 0 bridgehead atoms. The van der Waals surface area contributed by atoms with Gasteiger partial charge in [-0.15, -0.1) is 0 Å². The van der Waals surface area contributed by atoms with Crippen molar-refractivity contribution in [3.63, 3.8) is 0 Å². The summed E-state index contributed by atoms with van der Waals surface area (Å²) in [5.41, 5.74) is 3.16. The van der Waals surface area contributed by atoms with E-state index in [4.69, 9.17) is 0 Å². The van der Waals surface area contributed by atoms with Gasteiger partial charge in [0.05, 0.1) is 5.75 Å². The predicted molar refractivity (Wildman–Crippen MR) is 129 cm³/mol. The number of amides is 1. The number of rotatable bonds is 8. The van der Waals surface area contributed by atoms with Gasteiger partial charge in [0.2, 0.25) is 15.9 Å². The Morgan fingerprint density at radius 2 is 1.56 bits per heavy atom. The molecule has 0 aromatic heterocycles. The summed E-state index contributed by atoms with van der Waals surface area (Å²) in [5.74, 6) is -0.00801. The Labute approximate surface area is 191 Å². The molecule has 6 nitrogen and oxygen atoms in total. The van der Waals surface area contributed by atoms with Gasteiger partial charge in [-0.1, -0.05) is 30.3 Å². The van der Waals surface area contributed by atoms with E-state index in [0.29, 0.717) is 32.4 Å². The molecule has 0 radical (unpaired) electrons. The first-order chi connectivity index (χ1) is 15.5.